The summed E-state index contributed by atoms with van der Waals surface area (Å²) in [5, 5.41) is 11.8. The monoisotopic (exact) mass is 229 g/mol. The summed E-state index contributed by atoms with van der Waals surface area (Å²) in [5.74, 6) is 0.0327. The SMILES string of the molecule is OCC1(CNCCSC(F)(F)F)CC1. The highest BCUT2D eigenvalue weighted by atomic mass is 32.2. The highest BCUT2D eigenvalue weighted by Gasteiger charge is 2.41. The Balaban J connectivity index is 1.95. The molecule has 84 valence electrons. The van der Waals surface area contributed by atoms with Gasteiger partial charge in [0.05, 0.1) is 0 Å². The zero-order valence-corrected chi connectivity index (χ0v) is 8.55. The molecule has 0 spiro atoms. The molecular formula is C8H14F3NOS. The average Bonchev–Trinajstić information content (AvgIpc) is 2.83. The van der Waals surface area contributed by atoms with E-state index in [1.54, 1.807) is 0 Å². The van der Waals surface area contributed by atoms with Crippen LogP contribution in [-0.4, -0.2) is 36.1 Å². The lowest BCUT2D eigenvalue weighted by Crippen LogP contribution is -2.28. The Morgan fingerprint density at radius 3 is 2.43 bits per heavy atom. The van der Waals surface area contributed by atoms with E-state index in [9.17, 15) is 13.2 Å². The summed E-state index contributed by atoms with van der Waals surface area (Å²) in [6.07, 6.45) is 1.95. The topological polar surface area (TPSA) is 32.3 Å². The first-order valence-electron chi connectivity index (χ1n) is 4.50. The predicted octanol–water partition coefficient (Wildman–Crippen LogP) is 1.60. The van der Waals surface area contributed by atoms with Gasteiger partial charge in [-0.1, -0.05) is 0 Å². The Hall–Kier alpha value is 0.0600. The van der Waals surface area contributed by atoms with Crippen molar-refractivity contribution < 1.29 is 18.3 Å². The van der Waals surface area contributed by atoms with Crippen molar-refractivity contribution in [2.75, 3.05) is 25.4 Å². The molecule has 1 saturated carbocycles. The van der Waals surface area contributed by atoms with Crippen molar-refractivity contribution in [3.05, 3.63) is 0 Å². The van der Waals surface area contributed by atoms with Gasteiger partial charge in [-0.2, -0.15) is 13.2 Å². The van der Waals surface area contributed by atoms with Gasteiger partial charge in [0.15, 0.2) is 0 Å². The molecule has 0 saturated heterocycles. The molecule has 0 amide bonds. The number of nitrogens with one attached hydrogen (secondary N) is 1. The minimum atomic E-state index is -4.13. The minimum absolute atomic E-state index is 0.0128. The Labute approximate surface area is 85.3 Å². The summed E-state index contributed by atoms with van der Waals surface area (Å²) in [6, 6.07) is 0. The fourth-order valence-corrected chi connectivity index (χ4v) is 1.64. The lowest BCUT2D eigenvalue weighted by molar-refractivity contribution is -0.0327. The molecule has 1 fully saturated rings. The molecule has 1 aliphatic carbocycles. The number of aliphatic hydroxyl groups excluding tert-OH is 1. The van der Waals surface area contributed by atoms with Gasteiger partial charge in [-0.3, -0.25) is 0 Å². The molecule has 0 unspecified atom stereocenters. The van der Waals surface area contributed by atoms with Crippen LogP contribution in [0.1, 0.15) is 12.8 Å². The normalized spacial score (nSPS) is 19.7. The number of hydrogen-bond donors (Lipinski definition) is 2. The summed E-state index contributed by atoms with van der Waals surface area (Å²) in [5.41, 5.74) is -4.15. The third-order valence-corrected chi connectivity index (χ3v) is 3.07. The van der Waals surface area contributed by atoms with Crippen molar-refractivity contribution in [1.29, 1.82) is 0 Å². The summed E-state index contributed by atoms with van der Waals surface area (Å²) in [6.45, 7) is 1.10. The fourth-order valence-electron chi connectivity index (χ4n) is 1.16. The molecule has 0 aliphatic heterocycles. The van der Waals surface area contributed by atoms with Gasteiger partial charge in [-0.05, 0) is 24.6 Å². The van der Waals surface area contributed by atoms with E-state index in [1.165, 1.54) is 0 Å². The highest BCUT2D eigenvalue weighted by Crippen LogP contribution is 2.44. The number of halogens is 3. The quantitative estimate of drug-likeness (QED) is 0.679. The first kappa shape index (κ1) is 12.1. The predicted molar refractivity (Wildman–Crippen MR) is 50.1 cm³/mol. The van der Waals surface area contributed by atoms with Crippen molar-refractivity contribution in [1.82, 2.24) is 5.32 Å². The van der Waals surface area contributed by atoms with Gasteiger partial charge in [-0.15, -0.1) is 0 Å². The van der Waals surface area contributed by atoms with Crippen LogP contribution in [0.4, 0.5) is 13.2 Å². The number of alkyl halides is 3. The largest absolute Gasteiger partial charge is 0.441 e. The molecular weight excluding hydrogens is 215 g/mol. The first-order valence-corrected chi connectivity index (χ1v) is 5.48. The van der Waals surface area contributed by atoms with Gasteiger partial charge in [0.1, 0.15) is 0 Å². The molecule has 6 heteroatoms. The highest BCUT2D eigenvalue weighted by molar-refractivity contribution is 8.00. The summed E-state index contributed by atoms with van der Waals surface area (Å²) >= 11 is -0.0128. The summed E-state index contributed by atoms with van der Waals surface area (Å²) < 4.78 is 35.1. The molecule has 0 radical (unpaired) electrons. The van der Waals surface area contributed by atoms with Crippen LogP contribution in [-0.2, 0) is 0 Å². The van der Waals surface area contributed by atoms with Crippen LogP contribution >= 0.6 is 11.8 Å². The molecule has 2 N–H and O–H groups in total. The Morgan fingerprint density at radius 1 is 1.36 bits per heavy atom. The molecule has 2 nitrogen and oxygen atoms in total. The Morgan fingerprint density at radius 2 is 2.00 bits per heavy atom. The van der Waals surface area contributed by atoms with E-state index in [0.717, 1.165) is 12.8 Å². The van der Waals surface area contributed by atoms with Crippen LogP contribution in [0, 0.1) is 5.41 Å². The second kappa shape index (κ2) is 4.72. The van der Waals surface area contributed by atoms with E-state index in [2.05, 4.69) is 5.32 Å². The molecule has 1 aliphatic rings. The van der Waals surface area contributed by atoms with E-state index in [1.807, 2.05) is 0 Å². The van der Waals surface area contributed by atoms with E-state index in [4.69, 9.17) is 5.11 Å². The summed E-state index contributed by atoms with van der Waals surface area (Å²) in [7, 11) is 0. The summed E-state index contributed by atoms with van der Waals surface area (Å²) in [4.78, 5) is 0. The number of hydrogen-bond acceptors (Lipinski definition) is 3. The fraction of sp³-hybridized carbons (Fsp3) is 1.00. The molecule has 0 heterocycles. The van der Waals surface area contributed by atoms with E-state index >= 15 is 0 Å². The van der Waals surface area contributed by atoms with Crippen molar-refractivity contribution in [3.63, 3.8) is 0 Å². The van der Waals surface area contributed by atoms with E-state index in [0.29, 0.717) is 13.1 Å². The van der Waals surface area contributed by atoms with Gasteiger partial charge in [0, 0.05) is 30.9 Å². The van der Waals surface area contributed by atoms with Gasteiger partial charge in [-0.25, -0.2) is 0 Å². The van der Waals surface area contributed by atoms with Crippen molar-refractivity contribution in [2.45, 2.75) is 18.3 Å². The standard InChI is InChI=1S/C8H14F3NOS/c9-8(10,11)14-4-3-12-5-7(6-13)1-2-7/h12-13H,1-6H2. The van der Waals surface area contributed by atoms with Gasteiger partial charge < -0.3 is 10.4 Å². The number of aliphatic hydroxyl groups is 1. The van der Waals surface area contributed by atoms with Crippen LogP contribution in [0.5, 0.6) is 0 Å². The molecule has 0 aromatic rings. The van der Waals surface area contributed by atoms with Crippen LogP contribution in [0.15, 0.2) is 0 Å². The Bertz CT molecular complexity index is 182. The smallest absolute Gasteiger partial charge is 0.396 e. The Kier molecular flexibility index (Phi) is 4.09. The molecule has 0 aromatic heterocycles. The maximum atomic E-state index is 11.7. The van der Waals surface area contributed by atoms with Gasteiger partial charge in [0.2, 0.25) is 0 Å². The molecule has 0 bridgehead atoms. The third-order valence-electron chi connectivity index (χ3n) is 2.34. The molecule has 0 atom stereocenters. The lowest BCUT2D eigenvalue weighted by Gasteiger charge is -2.12. The van der Waals surface area contributed by atoms with Crippen molar-refractivity contribution in [2.24, 2.45) is 5.41 Å². The van der Waals surface area contributed by atoms with E-state index in [-0.39, 0.29) is 29.5 Å². The van der Waals surface area contributed by atoms with E-state index < -0.39 is 5.51 Å². The number of rotatable bonds is 6. The van der Waals surface area contributed by atoms with Crippen LogP contribution in [0.2, 0.25) is 0 Å². The average molecular weight is 229 g/mol. The van der Waals surface area contributed by atoms with Crippen LogP contribution in [0.25, 0.3) is 0 Å². The van der Waals surface area contributed by atoms with Gasteiger partial charge in [0.25, 0.3) is 0 Å². The van der Waals surface area contributed by atoms with Crippen LogP contribution < -0.4 is 5.32 Å². The third kappa shape index (κ3) is 4.52. The maximum absolute atomic E-state index is 11.7. The zero-order chi connectivity index (χ0) is 10.7. The maximum Gasteiger partial charge on any atom is 0.441 e. The minimum Gasteiger partial charge on any atom is -0.396 e. The molecule has 1 rings (SSSR count). The molecule has 14 heavy (non-hydrogen) atoms. The number of thioether (sulfide) groups is 1. The first-order chi connectivity index (χ1) is 6.47. The van der Waals surface area contributed by atoms with Crippen molar-refractivity contribution in [3.8, 4) is 0 Å². The van der Waals surface area contributed by atoms with Crippen LogP contribution in [0.3, 0.4) is 0 Å². The second-order valence-corrected chi connectivity index (χ2v) is 4.79. The second-order valence-electron chi connectivity index (χ2n) is 3.63. The lowest BCUT2D eigenvalue weighted by atomic mass is 10.1. The zero-order valence-electron chi connectivity index (χ0n) is 7.73. The molecule has 0 aromatic carbocycles. The van der Waals surface area contributed by atoms with Gasteiger partial charge >= 0.3 is 5.51 Å². The van der Waals surface area contributed by atoms with Crippen molar-refractivity contribution >= 4 is 11.8 Å².